The topological polar surface area (TPSA) is 56.1 Å². The van der Waals surface area contributed by atoms with Gasteiger partial charge in [0, 0.05) is 25.2 Å². The van der Waals surface area contributed by atoms with E-state index in [4.69, 9.17) is 5.26 Å². The van der Waals surface area contributed by atoms with Gasteiger partial charge in [-0.3, -0.25) is 4.79 Å². The Morgan fingerprint density at radius 2 is 1.86 bits per heavy atom. The van der Waals surface area contributed by atoms with Crippen molar-refractivity contribution in [3.05, 3.63) is 35.4 Å². The van der Waals surface area contributed by atoms with E-state index in [2.05, 4.69) is 11.4 Å². The van der Waals surface area contributed by atoms with Crippen molar-refractivity contribution in [1.29, 1.82) is 5.26 Å². The standard InChI is InChI=1S/C16H19N3O.ClH/c17-11-13-1-3-14(4-2-13)15(20)19-9-6-16(7-10-19)5-8-18-12-16;/h1-4,18H,5-10,12H2;1H. The molecule has 1 aromatic carbocycles. The van der Waals surface area contributed by atoms with Crippen LogP contribution in [0.4, 0.5) is 0 Å². The van der Waals surface area contributed by atoms with Crippen molar-refractivity contribution in [2.45, 2.75) is 19.3 Å². The molecule has 3 rings (SSSR count). The summed E-state index contributed by atoms with van der Waals surface area (Å²) in [6, 6.07) is 8.99. The average molecular weight is 306 g/mol. The van der Waals surface area contributed by atoms with E-state index in [0.717, 1.165) is 39.0 Å². The lowest BCUT2D eigenvalue weighted by molar-refractivity contribution is 0.0607. The molecule has 1 aromatic rings. The van der Waals surface area contributed by atoms with E-state index in [0.29, 0.717) is 16.5 Å². The van der Waals surface area contributed by atoms with Gasteiger partial charge in [0.2, 0.25) is 0 Å². The lowest BCUT2D eigenvalue weighted by Crippen LogP contribution is -2.44. The first-order valence-electron chi connectivity index (χ1n) is 7.23. The number of carbonyl (C=O) groups excluding carboxylic acids is 1. The van der Waals surface area contributed by atoms with Crippen LogP contribution >= 0.6 is 12.4 Å². The van der Waals surface area contributed by atoms with Crippen LogP contribution in [-0.2, 0) is 0 Å². The Labute approximate surface area is 131 Å². The Balaban J connectivity index is 0.00000161. The Hall–Kier alpha value is -1.57. The first-order chi connectivity index (χ1) is 9.72. The molecule has 0 atom stereocenters. The quantitative estimate of drug-likeness (QED) is 0.865. The van der Waals surface area contributed by atoms with E-state index >= 15 is 0 Å². The fourth-order valence-electron chi connectivity index (χ4n) is 3.28. The van der Waals surface area contributed by atoms with Crippen molar-refractivity contribution in [2.75, 3.05) is 26.2 Å². The number of nitriles is 1. The number of carbonyl (C=O) groups is 1. The number of benzene rings is 1. The molecule has 112 valence electrons. The molecule has 0 aliphatic carbocycles. The molecule has 2 heterocycles. The zero-order chi connectivity index (χ0) is 14.0. The number of nitrogens with one attached hydrogen (secondary N) is 1. The summed E-state index contributed by atoms with van der Waals surface area (Å²) in [5, 5.41) is 12.2. The van der Waals surface area contributed by atoms with Crippen LogP contribution in [0.5, 0.6) is 0 Å². The van der Waals surface area contributed by atoms with Crippen molar-refractivity contribution in [2.24, 2.45) is 5.41 Å². The molecule has 0 bridgehead atoms. The zero-order valence-electron chi connectivity index (χ0n) is 12.0. The number of nitrogens with zero attached hydrogens (tertiary/aromatic N) is 2. The molecule has 5 heteroatoms. The first-order valence-corrected chi connectivity index (χ1v) is 7.23. The average Bonchev–Trinajstić information content (AvgIpc) is 2.96. The number of halogens is 1. The van der Waals surface area contributed by atoms with E-state index < -0.39 is 0 Å². The Morgan fingerprint density at radius 3 is 2.38 bits per heavy atom. The van der Waals surface area contributed by atoms with Crippen LogP contribution in [0, 0.1) is 16.7 Å². The van der Waals surface area contributed by atoms with Crippen molar-refractivity contribution in [3.8, 4) is 6.07 Å². The van der Waals surface area contributed by atoms with Crippen molar-refractivity contribution in [1.82, 2.24) is 10.2 Å². The van der Waals surface area contributed by atoms with Gasteiger partial charge in [-0.1, -0.05) is 0 Å². The monoisotopic (exact) mass is 305 g/mol. The van der Waals surface area contributed by atoms with Gasteiger partial charge in [-0.05, 0) is 55.5 Å². The van der Waals surface area contributed by atoms with Gasteiger partial charge in [-0.15, -0.1) is 12.4 Å². The summed E-state index contributed by atoms with van der Waals surface area (Å²) in [6.07, 6.45) is 3.44. The molecule has 4 nitrogen and oxygen atoms in total. The largest absolute Gasteiger partial charge is 0.339 e. The van der Waals surface area contributed by atoms with Gasteiger partial charge in [0.05, 0.1) is 11.6 Å². The summed E-state index contributed by atoms with van der Waals surface area (Å²) < 4.78 is 0. The zero-order valence-corrected chi connectivity index (χ0v) is 12.8. The van der Waals surface area contributed by atoms with Gasteiger partial charge in [-0.25, -0.2) is 0 Å². The fraction of sp³-hybridized carbons (Fsp3) is 0.500. The number of rotatable bonds is 1. The highest BCUT2D eigenvalue weighted by molar-refractivity contribution is 5.94. The highest BCUT2D eigenvalue weighted by atomic mass is 35.5. The van der Waals surface area contributed by atoms with E-state index in [9.17, 15) is 4.79 Å². The molecular formula is C16H20ClN3O. The summed E-state index contributed by atoms with van der Waals surface area (Å²) in [7, 11) is 0. The third kappa shape index (κ3) is 3.20. The SMILES string of the molecule is Cl.N#Cc1ccc(C(=O)N2CCC3(CCNC3)CC2)cc1. The van der Waals surface area contributed by atoms with E-state index in [1.54, 1.807) is 24.3 Å². The minimum Gasteiger partial charge on any atom is -0.339 e. The van der Waals surface area contributed by atoms with Gasteiger partial charge >= 0.3 is 0 Å². The molecular weight excluding hydrogens is 286 g/mol. The number of hydrogen-bond acceptors (Lipinski definition) is 3. The van der Waals surface area contributed by atoms with Gasteiger partial charge < -0.3 is 10.2 Å². The molecule has 1 spiro atoms. The van der Waals surface area contributed by atoms with Crippen LogP contribution in [0.3, 0.4) is 0 Å². The molecule has 0 saturated carbocycles. The Kier molecular flexibility index (Phi) is 4.87. The maximum atomic E-state index is 12.4. The lowest BCUT2D eigenvalue weighted by Gasteiger charge is -2.38. The van der Waals surface area contributed by atoms with Crippen LogP contribution < -0.4 is 5.32 Å². The van der Waals surface area contributed by atoms with Gasteiger partial charge in [-0.2, -0.15) is 5.26 Å². The molecule has 1 amide bonds. The summed E-state index contributed by atoms with van der Waals surface area (Å²) in [6.45, 7) is 3.91. The van der Waals surface area contributed by atoms with Crippen LogP contribution in [0.1, 0.15) is 35.2 Å². The summed E-state index contributed by atoms with van der Waals surface area (Å²) in [5.74, 6) is 0.0929. The van der Waals surface area contributed by atoms with Crippen molar-refractivity contribution in [3.63, 3.8) is 0 Å². The van der Waals surface area contributed by atoms with E-state index in [-0.39, 0.29) is 18.3 Å². The number of amides is 1. The number of piperidine rings is 1. The normalized spacial score (nSPS) is 19.9. The molecule has 0 aromatic heterocycles. The maximum Gasteiger partial charge on any atom is 0.253 e. The molecule has 2 fully saturated rings. The molecule has 1 N–H and O–H groups in total. The first kappa shape index (κ1) is 15.8. The van der Waals surface area contributed by atoms with Gasteiger partial charge in [0.1, 0.15) is 0 Å². The summed E-state index contributed by atoms with van der Waals surface area (Å²) >= 11 is 0. The van der Waals surface area contributed by atoms with Crippen LogP contribution in [0.2, 0.25) is 0 Å². The molecule has 0 radical (unpaired) electrons. The minimum atomic E-state index is 0. The Morgan fingerprint density at radius 1 is 1.19 bits per heavy atom. The minimum absolute atomic E-state index is 0. The smallest absolute Gasteiger partial charge is 0.253 e. The van der Waals surface area contributed by atoms with Crippen LogP contribution in [0.25, 0.3) is 0 Å². The second-order valence-corrected chi connectivity index (χ2v) is 5.91. The van der Waals surface area contributed by atoms with E-state index in [1.165, 1.54) is 6.42 Å². The molecule has 2 aliphatic rings. The number of hydrogen-bond donors (Lipinski definition) is 1. The van der Waals surface area contributed by atoms with Crippen LogP contribution in [0.15, 0.2) is 24.3 Å². The predicted molar refractivity (Wildman–Crippen MR) is 83.5 cm³/mol. The third-order valence-electron chi connectivity index (χ3n) is 4.70. The predicted octanol–water partition coefficient (Wildman–Crippen LogP) is 2.20. The highest BCUT2D eigenvalue weighted by Crippen LogP contribution is 2.37. The number of likely N-dealkylation sites (tertiary alicyclic amines) is 1. The lowest BCUT2D eigenvalue weighted by atomic mass is 9.78. The molecule has 2 aliphatic heterocycles. The molecule has 2 saturated heterocycles. The third-order valence-corrected chi connectivity index (χ3v) is 4.70. The van der Waals surface area contributed by atoms with Gasteiger partial charge in [0.25, 0.3) is 5.91 Å². The van der Waals surface area contributed by atoms with Gasteiger partial charge in [0.15, 0.2) is 0 Å². The van der Waals surface area contributed by atoms with Crippen LogP contribution in [-0.4, -0.2) is 37.0 Å². The van der Waals surface area contributed by atoms with E-state index in [1.807, 2.05) is 4.90 Å². The second-order valence-electron chi connectivity index (χ2n) is 5.91. The molecule has 0 unspecified atom stereocenters. The van der Waals surface area contributed by atoms with Crippen molar-refractivity contribution < 1.29 is 4.79 Å². The Bertz CT molecular complexity index is 534. The highest BCUT2D eigenvalue weighted by Gasteiger charge is 2.38. The summed E-state index contributed by atoms with van der Waals surface area (Å²) in [5.41, 5.74) is 1.71. The second kappa shape index (κ2) is 6.46. The maximum absolute atomic E-state index is 12.4. The van der Waals surface area contributed by atoms with Crippen molar-refractivity contribution >= 4 is 18.3 Å². The summed E-state index contributed by atoms with van der Waals surface area (Å²) in [4.78, 5) is 14.4. The fourth-order valence-corrected chi connectivity index (χ4v) is 3.28. The molecule has 21 heavy (non-hydrogen) atoms.